The van der Waals surface area contributed by atoms with Gasteiger partial charge in [0, 0.05) is 5.92 Å². The van der Waals surface area contributed by atoms with Crippen LogP contribution in [0.5, 0.6) is 0 Å². The molecule has 0 radical (unpaired) electrons. The van der Waals surface area contributed by atoms with Crippen LogP contribution in [0.1, 0.15) is 6.92 Å². The van der Waals surface area contributed by atoms with Crippen molar-refractivity contribution in [1.82, 2.24) is 0 Å². The fourth-order valence-electron chi connectivity index (χ4n) is 0.694. The topological polar surface area (TPSA) is 9.23 Å². The van der Waals surface area contributed by atoms with Gasteiger partial charge in [-0.1, -0.05) is 20.1 Å². The van der Waals surface area contributed by atoms with Gasteiger partial charge in [0.1, 0.15) is 5.76 Å². The Morgan fingerprint density at radius 1 is 1.62 bits per heavy atom. The van der Waals surface area contributed by atoms with Gasteiger partial charge in [-0.25, -0.2) is 0 Å². The summed E-state index contributed by atoms with van der Waals surface area (Å²) in [5.41, 5.74) is 1.05. The summed E-state index contributed by atoms with van der Waals surface area (Å²) in [7, 11) is 0. The molecule has 1 aliphatic heterocycles. The Hall–Kier alpha value is -0.720. The maximum absolute atomic E-state index is 5.08. The Morgan fingerprint density at radius 2 is 2.25 bits per heavy atom. The van der Waals surface area contributed by atoms with Crippen molar-refractivity contribution < 1.29 is 4.74 Å². The van der Waals surface area contributed by atoms with Crippen LogP contribution in [-0.2, 0) is 4.74 Å². The van der Waals surface area contributed by atoms with E-state index in [0.717, 1.165) is 17.9 Å². The number of hydrogen-bond donors (Lipinski definition) is 0. The molecule has 0 saturated carbocycles. The van der Waals surface area contributed by atoms with Crippen LogP contribution in [0.3, 0.4) is 0 Å². The van der Waals surface area contributed by atoms with Crippen molar-refractivity contribution in [2.45, 2.75) is 6.92 Å². The molecule has 0 aromatic heterocycles. The van der Waals surface area contributed by atoms with Crippen molar-refractivity contribution in [1.29, 1.82) is 0 Å². The zero-order chi connectivity index (χ0) is 6.15. The monoisotopic (exact) mass is 110 g/mol. The van der Waals surface area contributed by atoms with Gasteiger partial charge in [0.15, 0.2) is 0 Å². The number of allylic oxidation sites excluding steroid dienone is 1. The van der Waals surface area contributed by atoms with E-state index in [0.29, 0.717) is 5.92 Å². The van der Waals surface area contributed by atoms with Gasteiger partial charge in [-0.05, 0) is 5.57 Å². The standard InChI is InChI=1S/C7H10O/c1-5-4-8-7(3)6(5)2/h5H,2-4H2,1H3. The molecule has 1 unspecified atom stereocenters. The molecule has 1 nitrogen and oxygen atoms in total. The quantitative estimate of drug-likeness (QED) is 0.461. The average Bonchev–Trinajstić information content (AvgIpc) is 1.98. The average molecular weight is 110 g/mol. The first-order chi connectivity index (χ1) is 3.72. The van der Waals surface area contributed by atoms with Crippen molar-refractivity contribution in [3.8, 4) is 0 Å². The van der Waals surface area contributed by atoms with E-state index in [9.17, 15) is 0 Å². The summed E-state index contributed by atoms with van der Waals surface area (Å²) in [6, 6.07) is 0. The maximum Gasteiger partial charge on any atom is 0.115 e. The Bertz CT molecular complexity index is 135. The predicted molar refractivity (Wildman–Crippen MR) is 33.4 cm³/mol. The summed E-state index contributed by atoms with van der Waals surface area (Å²) in [6.07, 6.45) is 0. The SMILES string of the molecule is C=C1OCC(C)C1=C. The van der Waals surface area contributed by atoms with Crippen molar-refractivity contribution in [3.63, 3.8) is 0 Å². The second-order valence-corrected chi connectivity index (χ2v) is 2.16. The highest BCUT2D eigenvalue weighted by atomic mass is 16.5. The molecule has 8 heavy (non-hydrogen) atoms. The highest BCUT2D eigenvalue weighted by molar-refractivity contribution is 5.25. The molecular formula is C7H10O. The first-order valence-corrected chi connectivity index (χ1v) is 2.72. The van der Waals surface area contributed by atoms with Crippen LogP contribution in [0.25, 0.3) is 0 Å². The molecule has 0 bridgehead atoms. The van der Waals surface area contributed by atoms with Crippen LogP contribution >= 0.6 is 0 Å². The second kappa shape index (κ2) is 1.66. The Kier molecular flexibility index (Phi) is 1.12. The van der Waals surface area contributed by atoms with Crippen molar-refractivity contribution >= 4 is 0 Å². The summed E-state index contributed by atoms with van der Waals surface area (Å²) in [5.74, 6) is 1.24. The van der Waals surface area contributed by atoms with E-state index in [2.05, 4.69) is 20.1 Å². The van der Waals surface area contributed by atoms with Crippen LogP contribution in [0.2, 0.25) is 0 Å². The van der Waals surface area contributed by atoms with E-state index in [-0.39, 0.29) is 0 Å². The van der Waals surface area contributed by atoms with Crippen molar-refractivity contribution in [2.24, 2.45) is 5.92 Å². The van der Waals surface area contributed by atoms with E-state index in [1.165, 1.54) is 0 Å². The zero-order valence-corrected chi connectivity index (χ0v) is 5.11. The van der Waals surface area contributed by atoms with Gasteiger partial charge in [0.05, 0.1) is 6.61 Å². The fraction of sp³-hybridized carbons (Fsp3) is 0.429. The van der Waals surface area contributed by atoms with Crippen LogP contribution in [-0.4, -0.2) is 6.61 Å². The molecular weight excluding hydrogens is 100 g/mol. The molecule has 1 heteroatoms. The lowest BCUT2D eigenvalue weighted by atomic mass is 10.1. The largest absolute Gasteiger partial charge is 0.493 e. The molecule has 44 valence electrons. The summed E-state index contributed by atoms with van der Waals surface area (Å²) in [4.78, 5) is 0. The zero-order valence-electron chi connectivity index (χ0n) is 5.11. The van der Waals surface area contributed by atoms with Crippen LogP contribution in [0, 0.1) is 5.92 Å². The minimum atomic E-state index is 0.475. The Labute approximate surface area is 49.7 Å². The third kappa shape index (κ3) is 0.641. The lowest BCUT2D eigenvalue weighted by molar-refractivity contribution is 0.247. The minimum Gasteiger partial charge on any atom is -0.493 e. The van der Waals surface area contributed by atoms with Crippen LogP contribution in [0.4, 0.5) is 0 Å². The highest BCUT2D eigenvalue weighted by Gasteiger charge is 2.18. The highest BCUT2D eigenvalue weighted by Crippen LogP contribution is 2.25. The van der Waals surface area contributed by atoms with Gasteiger partial charge in [-0.3, -0.25) is 0 Å². The molecule has 1 heterocycles. The predicted octanol–water partition coefficient (Wildman–Crippen LogP) is 1.72. The Balaban J connectivity index is 2.71. The molecule has 0 aromatic carbocycles. The number of ether oxygens (including phenoxy) is 1. The summed E-state index contributed by atoms with van der Waals surface area (Å²) in [5, 5.41) is 0. The van der Waals surface area contributed by atoms with E-state index < -0.39 is 0 Å². The molecule has 1 rings (SSSR count). The third-order valence-corrected chi connectivity index (χ3v) is 1.46. The molecule has 0 aromatic rings. The second-order valence-electron chi connectivity index (χ2n) is 2.16. The summed E-state index contributed by atoms with van der Waals surface area (Å²) < 4.78 is 5.08. The fourth-order valence-corrected chi connectivity index (χ4v) is 0.694. The van der Waals surface area contributed by atoms with Crippen molar-refractivity contribution in [2.75, 3.05) is 6.61 Å². The molecule has 1 fully saturated rings. The van der Waals surface area contributed by atoms with Gasteiger partial charge in [-0.2, -0.15) is 0 Å². The molecule has 1 aliphatic rings. The maximum atomic E-state index is 5.08. The van der Waals surface area contributed by atoms with E-state index >= 15 is 0 Å². The lowest BCUT2D eigenvalue weighted by Crippen LogP contribution is -1.91. The van der Waals surface area contributed by atoms with Gasteiger partial charge in [0.2, 0.25) is 0 Å². The number of rotatable bonds is 0. The first-order valence-electron chi connectivity index (χ1n) is 2.72. The number of hydrogen-bond acceptors (Lipinski definition) is 1. The summed E-state index contributed by atoms with van der Waals surface area (Å²) in [6.45, 7) is 10.3. The van der Waals surface area contributed by atoms with Crippen LogP contribution in [0.15, 0.2) is 24.5 Å². The first kappa shape index (κ1) is 5.42. The normalized spacial score (nSPS) is 28.4. The van der Waals surface area contributed by atoms with Gasteiger partial charge >= 0.3 is 0 Å². The van der Waals surface area contributed by atoms with Gasteiger partial charge in [0.25, 0.3) is 0 Å². The molecule has 1 atom stereocenters. The molecule has 0 aliphatic carbocycles. The minimum absolute atomic E-state index is 0.475. The molecule has 1 saturated heterocycles. The molecule has 0 amide bonds. The third-order valence-electron chi connectivity index (χ3n) is 1.46. The molecule has 0 N–H and O–H groups in total. The summed E-state index contributed by atoms with van der Waals surface area (Å²) >= 11 is 0. The Morgan fingerprint density at radius 3 is 2.38 bits per heavy atom. The van der Waals surface area contributed by atoms with E-state index in [1.807, 2.05) is 0 Å². The van der Waals surface area contributed by atoms with E-state index in [1.54, 1.807) is 0 Å². The smallest absolute Gasteiger partial charge is 0.115 e. The molecule has 0 spiro atoms. The van der Waals surface area contributed by atoms with Gasteiger partial charge in [-0.15, -0.1) is 0 Å². The van der Waals surface area contributed by atoms with Gasteiger partial charge < -0.3 is 4.74 Å². The van der Waals surface area contributed by atoms with E-state index in [4.69, 9.17) is 4.74 Å². The van der Waals surface area contributed by atoms with Crippen LogP contribution < -0.4 is 0 Å². The van der Waals surface area contributed by atoms with Crippen molar-refractivity contribution in [3.05, 3.63) is 24.5 Å². The lowest BCUT2D eigenvalue weighted by Gasteiger charge is -1.93.